The maximum atomic E-state index is 12.4. The van der Waals surface area contributed by atoms with Crippen molar-refractivity contribution in [3.8, 4) is 23.0 Å². The Morgan fingerprint density at radius 2 is 1.46 bits per heavy atom. The Morgan fingerprint density at radius 3 is 2.08 bits per heavy atom. The summed E-state index contributed by atoms with van der Waals surface area (Å²) in [5.74, 6) is -0.253. The van der Waals surface area contributed by atoms with E-state index in [1.165, 1.54) is 39.5 Å². The normalized spacial score (nSPS) is 10.4. The molecule has 0 saturated heterocycles. The summed E-state index contributed by atoms with van der Waals surface area (Å²) in [6.45, 7) is 0. The number of carboxylic acids is 1. The Balaban J connectivity index is 2.24. The van der Waals surface area contributed by atoms with E-state index in [0.717, 1.165) is 6.08 Å². The lowest BCUT2D eigenvalue weighted by Crippen LogP contribution is -2.09. The Kier molecular flexibility index (Phi) is 6.21. The van der Waals surface area contributed by atoms with E-state index in [1.807, 2.05) is 0 Å². The predicted molar refractivity (Wildman–Crippen MR) is 94.2 cm³/mol. The molecule has 0 amide bonds. The van der Waals surface area contributed by atoms with E-state index in [2.05, 4.69) is 0 Å². The molecule has 26 heavy (non-hydrogen) atoms. The van der Waals surface area contributed by atoms with Gasteiger partial charge in [-0.1, -0.05) is 6.07 Å². The average molecular weight is 358 g/mol. The molecule has 0 bridgehead atoms. The lowest BCUT2D eigenvalue weighted by Gasteiger charge is -2.11. The number of carbonyl (C=O) groups excluding carboxylic acids is 1. The lowest BCUT2D eigenvalue weighted by atomic mass is 10.1. The SMILES string of the molecule is COc1ccc(C(=O)Oc2ccc(/C=C/C(=O)O)cc2OC)cc1OC. The molecule has 0 unspecified atom stereocenters. The van der Waals surface area contributed by atoms with E-state index in [4.69, 9.17) is 24.1 Å². The summed E-state index contributed by atoms with van der Waals surface area (Å²) in [6.07, 6.45) is 2.41. The molecule has 0 atom stereocenters. The van der Waals surface area contributed by atoms with Crippen molar-refractivity contribution in [2.75, 3.05) is 21.3 Å². The highest BCUT2D eigenvalue weighted by atomic mass is 16.6. The first kappa shape index (κ1) is 18.9. The third-order valence-corrected chi connectivity index (χ3v) is 3.43. The molecular formula is C19H18O7. The molecule has 0 aliphatic heterocycles. The fraction of sp³-hybridized carbons (Fsp3) is 0.158. The summed E-state index contributed by atoms with van der Waals surface area (Å²) < 4.78 is 20.9. The van der Waals surface area contributed by atoms with E-state index < -0.39 is 11.9 Å². The molecule has 2 aromatic rings. The summed E-state index contributed by atoms with van der Waals surface area (Å²) >= 11 is 0. The zero-order valence-corrected chi connectivity index (χ0v) is 14.5. The summed E-state index contributed by atoms with van der Waals surface area (Å²) in [5, 5.41) is 8.67. The third kappa shape index (κ3) is 4.54. The first-order valence-corrected chi connectivity index (χ1v) is 7.51. The van der Waals surface area contributed by atoms with Crippen molar-refractivity contribution >= 4 is 18.0 Å². The van der Waals surface area contributed by atoms with Gasteiger partial charge in [0.25, 0.3) is 0 Å². The maximum Gasteiger partial charge on any atom is 0.343 e. The van der Waals surface area contributed by atoms with Crippen molar-refractivity contribution in [2.24, 2.45) is 0 Å². The topological polar surface area (TPSA) is 91.3 Å². The molecule has 7 heteroatoms. The second-order valence-electron chi connectivity index (χ2n) is 5.04. The molecule has 2 aromatic carbocycles. The van der Waals surface area contributed by atoms with Gasteiger partial charge in [0.15, 0.2) is 23.0 Å². The Labute approximate surface area is 150 Å². The minimum absolute atomic E-state index is 0.208. The van der Waals surface area contributed by atoms with Crippen molar-refractivity contribution in [3.05, 3.63) is 53.6 Å². The van der Waals surface area contributed by atoms with Crippen molar-refractivity contribution in [2.45, 2.75) is 0 Å². The van der Waals surface area contributed by atoms with Crippen LogP contribution in [0.5, 0.6) is 23.0 Å². The van der Waals surface area contributed by atoms with Gasteiger partial charge in [0, 0.05) is 6.08 Å². The Morgan fingerprint density at radius 1 is 0.846 bits per heavy atom. The maximum absolute atomic E-state index is 12.4. The average Bonchev–Trinajstić information content (AvgIpc) is 2.66. The van der Waals surface area contributed by atoms with Crippen LogP contribution in [0.2, 0.25) is 0 Å². The molecule has 136 valence electrons. The van der Waals surface area contributed by atoms with Gasteiger partial charge in [0.2, 0.25) is 0 Å². The number of benzene rings is 2. The summed E-state index contributed by atoms with van der Waals surface area (Å²) in [7, 11) is 4.40. The Hall–Kier alpha value is -3.48. The molecule has 0 saturated carbocycles. The van der Waals surface area contributed by atoms with Gasteiger partial charge < -0.3 is 24.1 Å². The van der Waals surface area contributed by atoms with Crippen LogP contribution in [-0.2, 0) is 4.79 Å². The number of aliphatic carboxylic acids is 1. The van der Waals surface area contributed by atoms with Gasteiger partial charge in [0.05, 0.1) is 26.9 Å². The van der Waals surface area contributed by atoms with E-state index in [9.17, 15) is 9.59 Å². The second kappa shape index (κ2) is 8.57. The molecule has 2 rings (SSSR count). The van der Waals surface area contributed by atoms with E-state index in [-0.39, 0.29) is 11.3 Å². The number of rotatable bonds is 7. The van der Waals surface area contributed by atoms with Gasteiger partial charge in [-0.15, -0.1) is 0 Å². The van der Waals surface area contributed by atoms with Crippen LogP contribution in [-0.4, -0.2) is 38.4 Å². The van der Waals surface area contributed by atoms with Gasteiger partial charge >= 0.3 is 11.9 Å². The largest absolute Gasteiger partial charge is 0.493 e. The van der Waals surface area contributed by atoms with Gasteiger partial charge in [-0.3, -0.25) is 0 Å². The molecule has 0 aromatic heterocycles. The second-order valence-corrected chi connectivity index (χ2v) is 5.04. The first-order valence-electron chi connectivity index (χ1n) is 7.51. The number of carboxylic acid groups (broad SMARTS) is 1. The minimum atomic E-state index is -1.06. The third-order valence-electron chi connectivity index (χ3n) is 3.43. The quantitative estimate of drug-likeness (QED) is 0.462. The highest BCUT2D eigenvalue weighted by Crippen LogP contribution is 2.31. The van der Waals surface area contributed by atoms with Crippen LogP contribution in [0.1, 0.15) is 15.9 Å². The molecule has 0 radical (unpaired) electrons. The molecule has 0 spiro atoms. The number of hydrogen-bond donors (Lipinski definition) is 1. The zero-order valence-electron chi connectivity index (χ0n) is 14.5. The smallest absolute Gasteiger partial charge is 0.343 e. The van der Waals surface area contributed by atoms with E-state index in [0.29, 0.717) is 22.8 Å². The molecule has 1 N–H and O–H groups in total. The number of hydrogen-bond acceptors (Lipinski definition) is 6. The van der Waals surface area contributed by atoms with E-state index in [1.54, 1.807) is 24.3 Å². The number of esters is 1. The summed E-state index contributed by atoms with van der Waals surface area (Å²) in [6, 6.07) is 9.37. The van der Waals surface area contributed by atoms with Crippen LogP contribution in [0.4, 0.5) is 0 Å². The van der Waals surface area contributed by atoms with E-state index >= 15 is 0 Å². The molecule has 0 aliphatic carbocycles. The van der Waals surface area contributed by atoms with Crippen molar-refractivity contribution in [1.29, 1.82) is 0 Å². The van der Waals surface area contributed by atoms with Gasteiger partial charge in [0.1, 0.15) is 0 Å². The molecule has 7 nitrogen and oxygen atoms in total. The van der Waals surface area contributed by atoms with Crippen LogP contribution >= 0.6 is 0 Å². The van der Waals surface area contributed by atoms with Crippen molar-refractivity contribution in [3.63, 3.8) is 0 Å². The van der Waals surface area contributed by atoms with Crippen LogP contribution in [0.15, 0.2) is 42.5 Å². The highest BCUT2D eigenvalue weighted by Gasteiger charge is 2.15. The molecule has 0 heterocycles. The van der Waals surface area contributed by atoms with Gasteiger partial charge in [-0.05, 0) is 42.0 Å². The standard InChI is InChI=1S/C19H18O7/c1-23-14-8-6-13(11-17(14)25-3)19(22)26-15-7-4-12(5-9-18(20)21)10-16(15)24-2/h4-11H,1-3H3,(H,20,21)/b9-5+. The van der Waals surface area contributed by atoms with Crippen LogP contribution in [0, 0.1) is 0 Å². The van der Waals surface area contributed by atoms with Crippen molar-refractivity contribution < 1.29 is 33.6 Å². The molecule has 0 aliphatic rings. The Bertz CT molecular complexity index is 840. The van der Waals surface area contributed by atoms with Crippen LogP contribution in [0.3, 0.4) is 0 Å². The van der Waals surface area contributed by atoms with Crippen LogP contribution < -0.4 is 18.9 Å². The highest BCUT2D eigenvalue weighted by molar-refractivity contribution is 5.92. The summed E-state index contributed by atoms with van der Waals surface area (Å²) in [4.78, 5) is 23.0. The number of ether oxygens (including phenoxy) is 4. The van der Waals surface area contributed by atoms with Crippen LogP contribution in [0.25, 0.3) is 6.08 Å². The lowest BCUT2D eigenvalue weighted by molar-refractivity contribution is -0.131. The van der Waals surface area contributed by atoms with Gasteiger partial charge in [-0.25, -0.2) is 9.59 Å². The fourth-order valence-electron chi connectivity index (χ4n) is 2.16. The number of carbonyl (C=O) groups is 2. The first-order chi connectivity index (χ1) is 12.5. The monoisotopic (exact) mass is 358 g/mol. The minimum Gasteiger partial charge on any atom is -0.493 e. The molecule has 0 fully saturated rings. The molecular weight excluding hydrogens is 340 g/mol. The fourth-order valence-corrected chi connectivity index (χ4v) is 2.16. The number of methoxy groups -OCH3 is 3. The van der Waals surface area contributed by atoms with Gasteiger partial charge in [-0.2, -0.15) is 0 Å². The zero-order chi connectivity index (χ0) is 19.1. The summed E-state index contributed by atoms with van der Waals surface area (Å²) in [5.41, 5.74) is 0.870. The predicted octanol–water partition coefficient (Wildman–Crippen LogP) is 3.03. The van der Waals surface area contributed by atoms with Crippen molar-refractivity contribution in [1.82, 2.24) is 0 Å².